The summed E-state index contributed by atoms with van der Waals surface area (Å²) in [5, 5.41) is 0. The van der Waals surface area contributed by atoms with E-state index >= 15 is 0 Å². The Morgan fingerprint density at radius 3 is 1.73 bits per heavy atom. The van der Waals surface area contributed by atoms with Crippen molar-refractivity contribution in [2.75, 3.05) is 0 Å². The van der Waals surface area contributed by atoms with Crippen LogP contribution in [0.2, 0.25) is 0 Å². The molecule has 0 atom stereocenters. The first-order valence-electron chi connectivity index (χ1n) is 2.31. The quantitative estimate of drug-likeness (QED) is 0.537. The predicted molar refractivity (Wildman–Crippen MR) is 45.6 cm³/mol. The molecule has 0 rings (SSSR count). The van der Waals surface area contributed by atoms with Gasteiger partial charge in [-0.3, -0.25) is 0 Å². The molecule has 0 heterocycles. The summed E-state index contributed by atoms with van der Waals surface area (Å²) in [5.41, 5.74) is 0. The van der Waals surface area contributed by atoms with Gasteiger partial charge in [0.1, 0.15) is 0 Å². The molecular formula is C5H5Cl2O3P. The van der Waals surface area contributed by atoms with Crippen LogP contribution in [0.5, 0.6) is 0 Å². The molecule has 0 aromatic rings. The van der Waals surface area contributed by atoms with Gasteiger partial charge in [0.2, 0.25) is 0 Å². The van der Waals surface area contributed by atoms with E-state index in [2.05, 4.69) is 4.52 Å². The van der Waals surface area contributed by atoms with Crippen LogP contribution >= 0.6 is 28.5 Å². The fourth-order valence-electron chi connectivity index (χ4n) is 0.283. The van der Waals surface area contributed by atoms with Crippen molar-refractivity contribution in [3.63, 3.8) is 0 Å². The summed E-state index contributed by atoms with van der Waals surface area (Å²) < 4.78 is 4.22. The van der Waals surface area contributed by atoms with E-state index in [4.69, 9.17) is 45.1 Å². The Balaban J connectivity index is 4.31. The van der Waals surface area contributed by atoms with E-state index in [1.165, 1.54) is 0 Å². The van der Waals surface area contributed by atoms with E-state index in [1.54, 1.807) is 0 Å². The fraction of sp³-hybridized carbons (Fsp3) is 0.200. The van der Waals surface area contributed by atoms with Gasteiger partial charge in [-0.1, -0.05) is 0 Å². The molecule has 0 unspecified atom stereocenters. The van der Waals surface area contributed by atoms with Crippen LogP contribution in [0.1, 0.15) is 0 Å². The van der Waals surface area contributed by atoms with Crippen molar-refractivity contribution >= 4 is 28.5 Å². The summed E-state index contributed by atoms with van der Waals surface area (Å²) >= 11 is 9.87. The zero-order valence-electron chi connectivity index (χ0n) is 5.24. The van der Waals surface area contributed by atoms with E-state index in [1.807, 2.05) is 11.8 Å². The Morgan fingerprint density at radius 1 is 1.27 bits per heavy atom. The van der Waals surface area contributed by atoms with Crippen molar-refractivity contribution in [2.24, 2.45) is 0 Å². The first-order valence-corrected chi connectivity index (χ1v) is 6.18. The minimum atomic E-state index is -5.06. The minimum absolute atomic E-state index is 1.24. The number of hydrogen-bond donors (Lipinski definition) is 2. The molecule has 11 heavy (non-hydrogen) atoms. The first kappa shape index (κ1) is 11.0. The molecule has 0 saturated heterocycles. The van der Waals surface area contributed by atoms with E-state index < -0.39 is 12.1 Å². The first-order chi connectivity index (χ1) is 4.74. The van der Waals surface area contributed by atoms with Gasteiger partial charge in [-0.2, -0.15) is 0 Å². The maximum atomic E-state index is 8.72. The van der Waals surface area contributed by atoms with Gasteiger partial charge in [0, 0.05) is 0 Å². The zero-order chi connectivity index (χ0) is 9.15. The molecule has 62 valence electrons. The molecule has 3 nitrogen and oxygen atoms in total. The van der Waals surface area contributed by atoms with Crippen molar-refractivity contribution in [2.45, 2.75) is 6.10 Å². The van der Waals surface area contributed by atoms with Crippen LogP contribution in [0.15, 0.2) is 0 Å². The van der Waals surface area contributed by atoms with Gasteiger partial charge < -0.3 is 0 Å². The second-order valence-electron chi connectivity index (χ2n) is 1.58. The molecule has 0 radical (unpaired) electrons. The average molecular weight is 215 g/mol. The second-order valence-corrected chi connectivity index (χ2v) is 7.48. The molecule has 0 aliphatic rings. The van der Waals surface area contributed by atoms with E-state index in [0.717, 1.165) is 0 Å². The molecule has 0 bridgehead atoms. The molecule has 0 aromatic carbocycles. The molecule has 0 aliphatic carbocycles. The fourth-order valence-corrected chi connectivity index (χ4v) is 1.23. The number of terminal acetylenes is 2. The van der Waals surface area contributed by atoms with Crippen LogP contribution in [0.3, 0.4) is 0 Å². The standard InChI is InChI=1S/C5H5Cl2O3P/c1-3-5(4-2)10-11(6,7,8)9/h1-2,5,8-9H. The molecular weight excluding hydrogens is 210 g/mol. The van der Waals surface area contributed by atoms with E-state index in [0.29, 0.717) is 0 Å². The van der Waals surface area contributed by atoms with Crippen LogP contribution < -0.4 is 0 Å². The monoisotopic (exact) mass is 214 g/mol. The molecule has 6 heteroatoms. The summed E-state index contributed by atoms with van der Waals surface area (Å²) in [5.74, 6) is -1.22. The summed E-state index contributed by atoms with van der Waals surface area (Å²) in [6, 6.07) is 0. The summed E-state index contributed by atoms with van der Waals surface area (Å²) in [7, 11) is 0. The molecule has 0 aromatic heterocycles. The van der Waals surface area contributed by atoms with Crippen LogP contribution in [0.4, 0.5) is 0 Å². The van der Waals surface area contributed by atoms with Gasteiger partial charge in [0.05, 0.1) is 0 Å². The number of halogens is 2. The normalized spacial score (nSPS) is 14.6. The molecule has 0 spiro atoms. The SMILES string of the molecule is C#CC(C#C)OP(O)(O)(Cl)Cl. The zero-order valence-corrected chi connectivity index (χ0v) is 7.64. The van der Waals surface area contributed by atoms with Gasteiger partial charge in [0.25, 0.3) is 0 Å². The van der Waals surface area contributed by atoms with Crippen molar-refractivity contribution in [1.82, 2.24) is 0 Å². The molecule has 2 N–H and O–H groups in total. The van der Waals surface area contributed by atoms with Crippen molar-refractivity contribution < 1.29 is 14.3 Å². The Bertz CT molecular complexity index is 208. The molecule has 0 amide bonds. The Hall–Kier alpha value is 0.01000. The van der Waals surface area contributed by atoms with Crippen LogP contribution in [0, 0.1) is 24.7 Å². The summed E-state index contributed by atoms with van der Waals surface area (Å²) in [4.78, 5) is 17.4. The Labute approximate surface area is 74.0 Å². The molecule has 0 fully saturated rings. The summed E-state index contributed by atoms with van der Waals surface area (Å²) in [6.45, 7) is 0. The van der Waals surface area contributed by atoms with Crippen molar-refractivity contribution in [1.29, 1.82) is 0 Å². The predicted octanol–water partition coefficient (Wildman–Crippen LogP) is 1.23. The van der Waals surface area contributed by atoms with E-state index in [-0.39, 0.29) is 0 Å². The number of rotatable bonds is 2. The topological polar surface area (TPSA) is 49.7 Å². The van der Waals surface area contributed by atoms with Gasteiger partial charge in [0.15, 0.2) is 0 Å². The van der Waals surface area contributed by atoms with Gasteiger partial charge in [-0.15, -0.1) is 0 Å². The van der Waals surface area contributed by atoms with Crippen molar-refractivity contribution in [3.05, 3.63) is 0 Å². The number of hydrogen-bond acceptors (Lipinski definition) is 3. The van der Waals surface area contributed by atoms with Crippen LogP contribution in [-0.4, -0.2) is 15.9 Å². The second kappa shape index (κ2) is 3.17. The molecule has 0 aliphatic heterocycles. The van der Waals surface area contributed by atoms with E-state index in [9.17, 15) is 0 Å². The molecule has 0 saturated carbocycles. The van der Waals surface area contributed by atoms with Gasteiger partial charge in [-0.25, -0.2) is 0 Å². The van der Waals surface area contributed by atoms with Crippen molar-refractivity contribution in [3.8, 4) is 24.7 Å². The average Bonchev–Trinajstić information content (AvgIpc) is 1.79. The van der Waals surface area contributed by atoms with Crippen LogP contribution in [0.25, 0.3) is 0 Å². The third-order valence-electron chi connectivity index (χ3n) is 0.582. The summed E-state index contributed by atoms with van der Waals surface area (Å²) in [6.07, 6.45) is 8.39. The third-order valence-corrected chi connectivity index (χ3v) is 1.62. The third kappa shape index (κ3) is 6.41. The maximum absolute atomic E-state index is 8.72. The van der Waals surface area contributed by atoms with Crippen LogP contribution in [-0.2, 0) is 4.52 Å². The van der Waals surface area contributed by atoms with Gasteiger partial charge >= 0.3 is 73.6 Å². The Morgan fingerprint density at radius 2 is 1.64 bits per heavy atom. The Kier molecular flexibility index (Phi) is 3.17. The van der Waals surface area contributed by atoms with Gasteiger partial charge in [-0.05, 0) is 0 Å².